The molecule has 1 heterocycles. The van der Waals surface area contributed by atoms with Gasteiger partial charge in [0.2, 0.25) is 0 Å². The number of quaternary nitrogens is 1. The van der Waals surface area contributed by atoms with Crippen molar-refractivity contribution in [3.63, 3.8) is 0 Å². The lowest BCUT2D eigenvalue weighted by atomic mass is 10.1. The summed E-state index contributed by atoms with van der Waals surface area (Å²) in [7, 11) is 2.05. The first kappa shape index (κ1) is 13.5. The van der Waals surface area contributed by atoms with E-state index in [4.69, 9.17) is 11.6 Å². The maximum atomic E-state index is 9.96. The van der Waals surface area contributed by atoms with Crippen LogP contribution < -0.4 is 12.4 Å². The minimum atomic E-state index is -1.01. The molecule has 1 N–H and O–H groups in total. The number of aliphatic hydroxyl groups is 1. The Morgan fingerprint density at radius 2 is 2.08 bits per heavy atom. The van der Waals surface area contributed by atoms with E-state index >= 15 is 0 Å². The summed E-state index contributed by atoms with van der Waals surface area (Å²) in [6.07, 6.45) is 4.04. The van der Waals surface area contributed by atoms with E-state index in [0.717, 1.165) is 32.4 Å². The zero-order chi connectivity index (χ0) is 9.24. The van der Waals surface area contributed by atoms with Crippen LogP contribution in [0.2, 0.25) is 0 Å². The van der Waals surface area contributed by atoms with Crippen LogP contribution in [0.5, 0.6) is 0 Å². The minimum Gasteiger partial charge on any atom is -1.00 e. The Morgan fingerprint density at radius 1 is 1.46 bits per heavy atom. The van der Waals surface area contributed by atoms with Crippen LogP contribution in [0.3, 0.4) is 0 Å². The van der Waals surface area contributed by atoms with Gasteiger partial charge in [0.25, 0.3) is 5.18 Å². The Morgan fingerprint density at radius 3 is 2.54 bits per heavy atom. The van der Waals surface area contributed by atoms with Gasteiger partial charge < -0.3 is 17.5 Å². The summed E-state index contributed by atoms with van der Waals surface area (Å²) < 4.78 is 0.616. The third kappa shape index (κ3) is 2.72. The van der Waals surface area contributed by atoms with Gasteiger partial charge in [-0.2, -0.15) is 0 Å². The molecule has 0 aromatic carbocycles. The van der Waals surface area contributed by atoms with Crippen molar-refractivity contribution in [1.29, 1.82) is 0 Å². The number of rotatable bonds is 2. The SMILES string of the molecule is CCC[N+]1(C)CCCCC1(O)Cl.[Cl-]. The van der Waals surface area contributed by atoms with Gasteiger partial charge in [-0.3, -0.25) is 4.48 Å². The molecule has 1 fully saturated rings. The molecule has 13 heavy (non-hydrogen) atoms. The third-order valence-electron chi connectivity index (χ3n) is 2.94. The predicted octanol–water partition coefficient (Wildman–Crippen LogP) is -1.08. The molecular weight excluding hydrogens is 209 g/mol. The summed E-state index contributed by atoms with van der Waals surface area (Å²) in [6, 6.07) is 0. The second-order valence-corrected chi connectivity index (χ2v) is 4.62. The average Bonchev–Trinajstić information content (AvgIpc) is 1.96. The molecule has 0 bridgehead atoms. The quantitative estimate of drug-likeness (QED) is 0.362. The molecule has 1 rings (SSSR count). The Hall–Kier alpha value is 0.500. The van der Waals surface area contributed by atoms with E-state index in [1.807, 2.05) is 0 Å². The van der Waals surface area contributed by atoms with Crippen molar-refractivity contribution in [2.24, 2.45) is 0 Å². The number of hydrogen-bond acceptors (Lipinski definition) is 1. The van der Waals surface area contributed by atoms with Crippen LogP contribution in [0.4, 0.5) is 0 Å². The summed E-state index contributed by atoms with van der Waals surface area (Å²) in [5, 5.41) is 8.96. The van der Waals surface area contributed by atoms with Crippen molar-refractivity contribution in [2.75, 3.05) is 20.1 Å². The molecule has 2 nitrogen and oxygen atoms in total. The Kier molecular flexibility index (Phi) is 5.02. The highest BCUT2D eigenvalue weighted by atomic mass is 35.5. The highest BCUT2D eigenvalue weighted by Gasteiger charge is 2.46. The normalized spacial score (nSPS) is 39.7. The first-order chi connectivity index (χ1) is 5.52. The monoisotopic (exact) mass is 227 g/mol. The van der Waals surface area contributed by atoms with Crippen LogP contribution in [-0.4, -0.2) is 34.9 Å². The minimum absolute atomic E-state index is 0. The van der Waals surface area contributed by atoms with Crippen molar-refractivity contribution >= 4 is 11.6 Å². The van der Waals surface area contributed by atoms with Crippen LogP contribution in [0.15, 0.2) is 0 Å². The van der Waals surface area contributed by atoms with Crippen LogP contribution in [0.1, 0.15) is 32.6 Å². The molecule has 2 unspecified atom stereocenters. The van der Waals surface area contributed by atoms with Gasteiger partial charge in [0, 0.05) is 6.42 Å². The lowest BCUT2D eigenvalue weighted by molar-refractivity contribution is -0.972. The summed E-state index contributed by atoms with van der Waals surface area (Å²) in [5.74, 6) is 0. The van der Waals surface area contributed by atoms with Crippen LogP contribution >= 0.6 is 11.6 Å². The van der Waals surface area contributed by atoms with E-state index in [-0.39, 0.29) is 12.4 Å². The maximum Gasteiger partial charge on any atom is 0.280 e. The molecule has 2 atom stereocenters. The second kappa shape index (κ2) is 4.83. The van der Waals surface area contributed by atoms with Crippen molar-refractivity contribution in [3.8, 4) is 0 Å². The van der Waals surface area contributed by atoms with E-state index in [9.17, 15) is 5.11 Å². The molecule has 0 aliphatic carbocycles. The van der Waals surface area contributed by atoms with E-state index in [1.54, 1.807) is 0 Å². The number of halogens is 2. The Bertz CT molecular complexity index is 160. The largest absolute Gasteiger partial charge is 1.00 e. The number of piperidine rings is 1. The average molecular weight is 228 g/mol. The van der Waals surface area contributed by atoms with Gasteiger partial charge in [0.15, 0.2) is 0 Å². The second-order valence-electron chi connectivity index (χ2n) is 4.02. The third-order valence-corrected chi connectivity index (χ3v) is 3.54. The molecule has 0 amide bonds. The molecule has 4 heteroatoms. The highest BCUT2D eigenvalue weighted by molar-refractivity contribution is 6.21. The first-order valence-electron chi connectivity index (χ1n) is 4.78. The zero-order valence-corrected chi connectivity index (χ0v) is 9.90. The van der Waals surface area contributed by atoms with E-state index in [0.29, 0.717) is 4.48 Å². The van der Waals surface area contributed by atoms with Gasteiger partial charge in [-0.15, -0.1) is 0 Å². The molecule has 0 spiro atoms. The van der Waals surface area contributed by atoms with Gasteiger partial charge in [0.05, 0.1) is 20.1 Å². The zero-order valence-electron chi connectivity index (χ0n) is 8.39. The fourth-order valence-electron chi connectivity index (χ4n) is 2.03. The van der Waals surface area contributed by atoms with Crippen molar-refractivity contribution in [3.05, 3.63) is 0 Å². The molecule has 1 aliphatic rings. The summed E-state index contributed by atoms with van der Waals surface area (Å²) in [5.41, 5.74) is 0. The standard InChI is InChI=1S/C9H19ClNO.ClH/c1-3-7-11(2)8-5-4-6-9(11,10)12;/h12H,3-8H2,1-2H3;1H/q+1;/p-1. The van der Waals surface area contributed by atoms with Gasteiger partial charge in [-0.1, -0.05) is 6.92 Å². The van der Waals surface area contributed by atoms with E-state index in [2.05, 4.69) is 14.0 Å². The van der Waals surface area contributed by atoms with Crippen LogP contribution in [0.25, 0.3) is 0 Å². The summed E-state index contributed by atoms with van der Waals surface area (Å²) in [6.45, 7) is 4.11. The van der Waals surface area contributed by atoms with Crippen LogP contribution in [0, 0.1) is 0 Å². The van der Waals surface area contributed by atoms with Gasteiger partial charge in [0.1, 0.15) is 0 Å². The molecule has 1 aliphatic heterocycles. The van der Waals surface area contributed by atoms with E-state index in [1.165, 1.54) is 6.42 Å². The first-order valence-corrected chi connectivity index (χ1v) is 5.15. The molecule has 0 aromatic rings. The lowest BCUT2D eigenvalue weighted by Gasteiger charge is -2.46. The smallest absolute Gasteiger partial charge is 0.280 e. The fraction of sp³-hybridized carbons (Fsp3) is 1.00. The topological polar surface area (TPSA) is 20.2 Å². The van der Waals surface area contributed by atoms with Crippen LogP contribution in [-0.2, 0) is 0 Å². The number of hydrogen-bond donors (Lipinski definition) is 1. The highest BCUT2D eigenvalue weighted by Crippen LogP contribution is 2.35. The van der Waals surface area contributed by atoms with Crippen molar-refractivity contribution in [2.45, 2.75) is 37.8 Å². The predicted molar refractivity (Wildman–Crippen MR) is 50.9 cm³/mol. The van der Waals surface area contributed by atoms with E-state index < -0.39 is 5.18 Å². The van der Waals surface area contributed by atoms with Crippen molar-refractivity contribution < 1.29 is 22.0 Å². The molecule has 0 saturated carbocycles. The number of nitrogens with zero attached hydrogens (tertiary/aromatic N) is 1. The van der Waals surface area contributed by atoms with Crippen molar-refractivity contribution in [1.82, 2.24) is 0 Å². The van der Waals surface area contributed by atoms with Gasteiger partial charge >= 0.3 is 0 Å². The van der Waals surface area contributed by atoms with Gasteiger partial charge in [-0.05, 0) is 30.9 Å². The number of likely N-dealkylation sites (tertiary alicyclic amines) is 1. The fourth-order valence-corrected chi connectivity index (χ4v) is 2.33. The summed E-state index contributed by atoms with van der Waals surface area (Å²) in [4.78, 5) is 0. The summed E-state index contributed by atoms with van der Waals surface area (Å²) >= 11 is 6.09. The number of alkyl halides is 1. The Labute approximate surface area is 91.9 Å². The van der Waals surface area contributed by atoms with Gasteiger partial charge in [-0.25, -0.2) is 0 Å². The molecule has 0 radical (unpaired) electrons. The lowest BCUT2D eigenvalue weighted by Crippen LogP contribution is -3.00. The molecule has 1 saturated heterocycles. The molecular formula is C9H19Cl2NO. The molecule has 0 aromatic heterocycles. The Balaban J connectivity index is 0.00000144. The molecule has 80 valence electrons. The maximum absolute atomic E-state index is 9.96.